The quantitative estimate of drug-likeness (QED) is 0.860. The smallest absolute Gasteiger partial charge is 0.311 e. The summed E-state index contributed by atoms with van der Waals surface area (Å²) >= 11 is 0. The molecule has 1 aliphatic heterocycles. The number of benzene rings is 1. The summed E-state index contributed by atoms with van der Waals surface area (Å²) in [4.78, 5) is 25.6. The first kappa shape index (κ1) is 15.4. The van der Waals surface area contributed by atoms with Crippen LogP contribution in [0.25, 0.3) is 0 Å². The van der Waals surface area contributed by atoms with E-state index in [9.17, 15) is 9.59 Å². The number of ether oxygens (including phenoxy) is 1. The number of nitrogens with one attached hydrogen (secondary N) is 1. The Morgan fingerprint density at radius 1 is 1.24 bits per heavy atom. The fourth-order valence-electron chi connectivity index (χ4n) is 2.36. The van der Waals surface area contributed by atoms with Crippen molar-refractivity contribution in [2.24, 2.45) is 5.92 Å². The van der Waals surface area contributed by atoms with E-state index in [-0.39, 0.29) is 0 Å². The number of methoxy groups -OCH3 is 1. The van der Waals surface area contributed by atoms with Crippen LogP contribution in [0.4, 0.5) is 0 Å². The molecular weight excluding hydrogens is 268 g/mol. The molecule has 1 aromatic rings. The van der Waals surface area contributed by atoms with E-state index in [2.05, 4.69) is 12.2 Å². The van der Waals surface area contributed by atoms with Crippen molar-refractivity contribution in [3.63, 3.8) is 0 Å². The molecule has 1 aromatic carbocycles. The van der Waals surface area contributed by atoms with Gasteiger partial charge in [-0.25, -0.2) is 0 Å². The van der Waals surface area contributed by atoms with Crippen LogP contribution >= 0.6 is 0 Å². The molecule has 1 saturated heterocycles. The van der Waals surface area contributed by atoms with E-state index in [1.54, 1.807) is 12.0 Å². The van der Waals surface area contributed by atoms with E-state index in [0.717, 1.165) is 24.2 Å². The summed E-state index contributed by atoms with van der Waals surface area (Å²) in [5.74, 6) is 0.454. The van der Waals surface area contributed by atoms with E-state index < -0.39 is 11.8 Å². The number of carbonyl (C=O) groups excluding carboxylic acids is 2. The van der Waals surface area contributed by atoms with Crippen LogP contribution in [-0.2, 0) is 16.1 Å². The Hall–Kier alpha value is -2.04. The van der Waals surface area contributed by atoms with Gasteiger partial charge in [0.25, 0.3) is 0 Å². The summed E-state index contributed by atoms with van der Waals surface area (Å²) in [6.07, 6.45) is 1.94. The Balaban J connectivity index is 1.81. The predicted octanol–water partition coefficient (Wildman–Crippen LogP) is 1.57. The zero-order chi connectivity index (χ0) is 15.2. The normalized spacial score (nSPS) is 15.6. The molecule has 114 valence electrons. The van der Waals surface area contributed by atoms with Crippen LogP contribution in [0, 0.1) is 5.92 Å². The van der Waals surface area contributed by atoms with Gasteiger partial charge >= 0.3 is 11.8 Å². The molecule has 1 heterocycles. The highest BCUT2D eigenvalue weighted by Gasteiger charge is 2.25. The van der Waals surface area contributed by atoms with E-state index in [1.165, 1.54) is 0 Å². The standard InChI is InChI=1S/C16H22N2O3/c1-12-7-9-18(10-8-12)16(20)15(19)17-11-13-3-5-14(21-2)6-4-13/h3-6,12H,7-11H2,1-2H3,(H,17,19). The third-order valence-corrected chi connectivity index (χ3v) is 3.88. The molecule has 0 radical (unpaired) electrons. The lowest BCUT2D eigenvalue weighted by Crippen LogP contribution is -2.46. The number of piperidine rings is 1. The Morgan fingerprint density at radius 2 is 1.86 bits per heavy atom. The molecular formula is C16H22N2O3. The first-order valence-electron chi connectivity index (χ1n) is 7.30. The lowest BCUT2D eigenvalue weighted by atomic mass is 9.99. The van der Waals surface area contributed by atoms with Gasteiger partial charge in [-0.2, -0.15) is 0 Å². The van der Waals surface area contributed by atoms with E-state index >= 15 is 0 Å². The molecule has 0 unspecified atom stereocenters. The fraction of sp³-hybridized carbons (Fsp3) is 0.500. The summed E-state index contributed by atoms with van der Waals surface area (Å²) in [6.45, 7) is 3.87. The predicted molar refractivity (Wildman–Crippen MR) is 79.8 cm³/mol. The van der Waals surface area contributed by atoms with Crippen molar-refractivity contribution in [3.8, 4) is 5.75 Å². The number of amides is 2. The molecule has 0 aliphatic carbocycles. The van der Waals surface area contributed by atoms with Gasteiger partial charge in [0.05, 0.1) is 7.11 Å². The average Bonchev–Trinajstić information content (AvgIpc) is 2.53. The molecule has 0 bridgehead atoms. The lowest BCUT2D eigenvalue weighted by molar-refractivity contribution is -0.146. The van der Waals surface area contributed by atoms with Gasteiger partial charge in [0.2, 0.25) is 0 Å². The summed E-state index contributed by atoms with van der Waals surface area (Å²) in [7, 11) is 1.61. The maximum atomic E-state index is 12.0. The molecule has 2 amide bonds. The molecule has 1 fully saturated rings. The van der Waals surface area contributed by atoms with Crippen molar-refractivity contribution in [1.82, 2.24) is 10.2 Å². The third kappa shape index (κ3) is 4.21. The zero-order valence-corrected chi connectivity index (χ0v) is 12.6. The van der Waals surface area contributed by atoms with Crippen molar-refractivity contribution >= 4 is 11.8 Å². The first-order valence-corrected chi connectivity index (χ1v) is 7.30. The molecule has 2 rings (SSSR count). The number of rotatable bonds is 3. The topological polar surface area (TPSA) is 58.6 Å². The summed E-state index contributed by atoms with van der Waals surface area (Å²) in [5, 5.41) is 2.67. The minimum atomic E-state index is -0.527. The number of likely N-dealkylation sites (tertiary alicyclic amines) is 1. The Labute approximate surface area is 125 Å². The van der Waals surface area contributed by atoms with Crippen LogP contribution in [-0.4, -0.2) is 36.9 Å². The van der Waals surface area contributed by atoms with Crippen LogP contribution in [0.15, 0.2) is 24.3 Å². The SMILES string of the molecule is COc1ccc(CNC(=O)C(=O)N2CCC(C)CC2)cc1. The monoisotopic (exact) mass is 290 g/mol. The van der Waals surface area contributed by atoms with Crippen molar-refractivity contribution in [1.29, 1.82) is 0 Å². The number of carbonyl (C=O) groups is 2. The highest BCUT2D eigenvalue weighted by molar-refractivity contribution is 6.34. The average molecular weight is 290 g/mol. The second kappa shape index (κ2) is 7.11. The van der Waals surface area contributed by atoms with Gasteiger partial charge in [-0.3, -0.25) is 9.59 Å². The minimum Gasteiger partial charge on any atom is -0.497 e. The summed E-state index contributed by atoms with van der Waals surface area (Å²) in [5.41, 5.74) is 0.934. The van der Waals surface area contributed by atoms with E-state index in [1.807, 2.05) is 24.3 Å². The largest absolute Gasteiger partial charge is 0.497 e. The summed E-state index contributed by atoms with van der Waals surface area (Å²) in [6, 6.07) is 7.39. The summed E-state index contributed by atoms with van der Waals surface area (Å²) < 4.78 is 5.07. The van der Waals surface area contributed by atoms with Gasteiger partial charge in [-0.1, -0.05) is 19.1 Å². The molecule has 5 heteroatoms. The molecule has 0 spiro atoms. The van der Waals surface area contributed by atoms with Gasteiger partial charge in [-0.15, -0.1) is 0 Å². The highest BCUT2D eigenvalue weighted by atomic mass is 16.5. The Morgan fingerprint density at radius 3 is 2.43 bits per heavy atom. The number of hydrogen-bond donors (Lipinski definition) is 1. The molecule has 1 aliphatic rings. The van der Waals surface area contributed by atoms with E-state index in [0.29, 0.717) is 25.6 Å². The lowest BCUT2D eigenvalue weighted by Gasteiger charge is -2.29. The Kier molecular flexibility index (Phi) is 5.20. The molecule has 21 heavy (non-hydrogen) atoms. The van der Waals surface area contributed by atoms with Gasteiger partial charge < -0.3 is 15.0 Å². The first-order chi connectivity index (χ1) is 10.1. The molecule has 1 N–H and O–H groups in total. The van der Waals surface area contributed by atoms with Crippen LogP contribution < -0.4 is 10.1 Å². The molecule has 0 aromatic heterocycles. The highest BCUT2D eigenvalue weighted by Crippen LogP contribution is 2.16. The fourth-order valence-corrected chi connectivity index (χ4v) is 2.36. The van der Waals surface area contributed by atoms with Crippen LogP contribution in [0.5, 0.6) is 5.75 Å². The third-order valence-electron chi connectivity index (χ3n) is 3.88. The van der Waals surface area contributed by atoms with Crippen LogP contribution in [0.2, 0.25) is 0 Å². The minimum absolute atomic E-state index is 0.346. The van der Waals surface area contributed by atoms with Crippen LogP contribution in [0.1, 0.15) is 25.3 Å². The van der Waals surface area contributed by atoms with Gasteiger partial charge in [0, 0.05) is 19.6 Å². The maximum Gasteiger partial charge on any atom is 0.311 e. The molecule has 5 nitrogen and oxygen atoms in total. The number of hydrogen-bond acceptors (Lipinski definition) is 3. The van der Waals surface area contributed by atoms with Gasteiger partial charge in [0.15, 0.2) is 0 Å². The van der Waals surface area contributed by atoms with Crippen LogP contribution in [0.3, 0.4) is 0 Å². The van der Waals surface area contributed by atoms with Gasteiger partial charge in [0.1, 0.15) is 5.75 Å². The van der Waals surface area contributed by atoms with E-state index in [4.69, 9.17) is 4.74 Å². The molecule has 0 atom stereocenters. The van der Waals surface area contributed by atoms with Crippen molar-refractivity contribution < 1.29 is 14.3 Å². The van der Waals surface area contributed by atoms with Crippen molar-refractivity contribution in [2.45, 2.75) is 26.3 Å². The zero-order valence-electron chi connectivity index (χ0n) is 12.6. The van der Waals surface area contributed by atoms with Crippen molar-refractivity contribution in [3.05, 3.63) is 29.8 Å². The Bertz CT molecular complexity index is 491. The van der Waals surface area contributed by atoms with Crippen molar-refractivity contribution in [2.75, 3.05) is 20.2 Å². The maximum absolute atomic E-state index is 12.0. The van der Waals surface area contributed by atoms with Gasteiger partial charge in [-0.05, 0) is 36.5 Å². The second-order valence-corrected chi connectivity index (χ2v) is 5.51. The second-order valence-electron chi connectivity index (χ2n) is 5.51. The molecule has 0 saturated carbocycles. The number of nitrogens with zero attached hydrogens (tertiary/aromatic N) is 1.